The zero-order valence-electron chi connectivity index (χ0n) is 8.34. The second kappa shape index (κ2) is 4.61. The Balaban J connectivity index is 1.80. The van der Waals surface area contributed by atoms with Crippen molar-refractivity contribution in [3.63, 3.8) is 0 Å². The molecule has 2 aromatic rings. The SMILES string of the molecule is Cc1nc(CNCc2cccnn2)no1. The number of rotatable bonds is 4. The number of aryl methyl sites for hydroxylation is 1. The second-order valence-electron chi connectivity index (χ2n) is 3.05. The van der Waals surface area contributed by atoms with Crippen molar-refractivity contribution in [3.8, 4) is 0 Å². The van der Waals surface area contributed by atoms with Gasteiger partial charge in [-0.25, -0.2) is 0 Å². The Morgan fingerprint density at radius 3 is 3.00 bits per heavy atom. The molecule has 0 radical (unpaired) electrons. The summed E-state index contributed by atoms with van der Waals surface area (Å²) >= 11 is 0. The molecule has 2 aromatic heterocycles. The number of nitrogens with zero attached hydrogens (tertiary/aromatic N) is 4. The highest BCUT2D eigenvalue weighted by molar-refractivity contribution is 4.98. The molecule has 2 heterocycles. The monoisotopic (exact) mass is 205 g/mol. The van der Waals surface area contributed by atoms with Gasteiger partial charge in [0.25, 0.3) is 0 Å². The van der Waals surface area contributed by atoms with E-state index in [0.717, 1.165) is 5.69 Å². The van der Waals surface area contributed by atoms with E-state index in [1.54, 1.807) is 13.1 Å². The summed E-state index contributed by atoms with van der Waals surface area (Å²) in [5, 5.41) is 14.6. The maximum Gasteiger partial charge on any atom is 0.223 e. The van der Waals surface area contributed by atoms with Gasteiger partial charge >= 0.3 is 0 Å². The van der Waals surface area contributed by atoms with Crippen LogP contribution in [-0.4, -0.2) is 20.3 Å². The lowest BCUT2D eigenvalue weighted by Gasteiger charge is -1.99. The predicted molar refractivity (Wildman–Crippen MR) is 51.6 cm³/mol. The van der Waals surface area contributed by atoms with Crippen LogP contribution in [0.5, 0.6) is 0 Å². The first-order chi connectivity index (χ1) is 7.34. The first kappa shape index (κ1) is 9.72. The molecule has 6 nitrogen and oxygen atoms in total. The standard InChI is InChI=1S/C9H11N5O/c1-7-12-9(14-15-7)6-10-5-8-3-2-4-11-13-8/h2-4,10H,5-6H2,1H3. The molecule has 0 aliphatic heterocycles. The molecule has 0 aliphatic carbocycles. The maximum absolute atomic E-state index is 4.84. The van der Waals surface area contributed by atoms with Gasteiger partial charge in [0.2, 0.25) is 5.89 Å². The van der Waals surface area contributed by atoms with Gasteiger partial charge in [-0.2, -0.15) is 15.2 Å². The first-order valence-electron chi connectivity index (χ1n) is 4.61. The van der Waals surface area contributed by atoms with Crippen LogP contribution < -0.4 is 5.32 Å². The van der Waals surface area contributed by atoms with Gasteiger partial charge in [0, 0.05) is 19.7 Å². The highest BCUT2D eigenvalue weighted by Gasteiger charge is 2.01. The molecule has 2 rings (SSSR count). The molecule has 0 fully saturated rings. The van der Waals surface area contributed by atoms with Crippen LogP contribution in [0.25, 0.3) is 0 Å². The normalized spacial score (nSPS) is 10.5. The van der Waals surface area contributed by atoms with Crippen LogP contribution >= 0.6 is 0 Å². The zero-order chi connectivity index (χ0) is 10.5. The molecule has 0 aliphatic rings. The fraction of sp³-hybridized carbons (Fsp3) is 0.333. The number of aromatic nitrogens is 4. The Kier molecular flexibility index (Phi) is 2.99. The highest BCUT2D eigenvalue weighted by Crippen LogP contribution is 1.95. The average Bonchev–Trinajstić information content (AvgIpc) is 2.66. The number of hydrogen-bond donors (Lipinski definition) is 1. The molecule has 0 aromatic carbocycles. The lowest BCUT2D eigenvalue weighted by Crippen LogP contribution is -2.14. The minimum Gasteiger partial charge on any atom is -0.340 e. The van der Waals surface area contributed by atoms with Crippen molar-refractivity contribution in [1.82, 2.24) is 25.7 Å². The van der Waals surface area contributed by atoms with Gasteiger partial charge in [-0.1, -0.05) is 5.16 Å². The quantitative estimate of drug-likeness (QED) is 0.781. The summed E-state index contributed by atoms with van der Waals surface area (Å²) < 4.78 is 4.84. The Hall–Kier alpha value is -1.82. The summed E-state index contributed by atoms with van der Waals surface area (Å²) in [5.41, 5.74) is 0.887. The third-order valence-corrected chi connectivity index (χ3v) is 1.79. The molecule has 0 saturated heterocycles. The first-order valence-corrected chi connectivity index (χ1v) is 4.61. The molecular formula is C9H11N5O. The smallest absolute Gasteiger partial charge is 0.223 e. The average molecular weight is 205 g/mol. The summed E-state index contributed by atoms with van der Waals surface area (Å²) in [6.45, 7) is 2.97. The van der Waals surface area contributed by atoms with E-state index in [-0.39, 0.29) is 0 Å². The van der Waals surface area contributed by atoms with Crippen molar-refractivity contribution in [1.29, 1.82) is 0 Å². The molecule has 6 heteroatoms. The van der Waals surface area contributed by atoms with E-state index in [0.29, 0.717) is 24.8 Å². The second-order valence-corrected chi connectivity index (χ2v) is 3.05. The molecular weight excluding hydrogens is 194 g/mol. The fourth-order valence-corrected chi connectivity index (χ4v) is 1.14. The Bertz CT molecular complexity index is 413. The third kappa shape index (κ3) is 2.81. The van der Waals surface area contributed by atoms with Crippen molar-refractivity contribution in [2.24, 2.45) is 0 Å². The van der Waals surface area contributed by atoms with E-state index in [9.17, 15) is 0 Å². The van der Waals surface area contributed by atoms with E-state index >= 15 is 0 Å². The molecule has 15 heavy (non-hydrogen) atoms. The van der Waals surface area contributed by atoms with Crippen LogP contribution in [0.4, 0.5) is 0 Å². The number of nitrogens with one attached hydrogen (secondary N) is 1. The van der Waals surface area contributed by atoms with Gasteiger partial charge in [0.05, 0.1) is 12.2 Å². The molecule has 0 atom stereocenters. The lowest BCUT2D eigenvalue weighted by molar-refractivity contribution is 0.385. The van der Waals surface area contributed by atoms with Crippen LogP contribution in [0.1, 0.15) is 17.4 Å². The Morgan fingerprint density at radius 1 is 1.40 bits per heavy atom. The maximum atomic E-state index is 4.84. The van der Waals surface area contributed by atoms with Crippen molar-refractivity contribution >= 4 is 0 Å². The Labute approximate surface area is 86.7 Å². The van der Waals surface area contributed by atoms with E-state index in [1.165, 1.54) is 0 Å². The van der Waals surface area contributed by atoms with Gasteiger partial charge in [-0.15, -0.1) is 0 Å². The van der Waals surface area contributed by atoms with Gasteiger partial charge in [-0.05, 0) is 12.1 Å². The van der Waals surface area contributed by atoms with Crippen LogP contribution in [0, 0.1) is 6.92 Å². The van der Waals surface area contributed by atoms with Gasteiger partial charge in [-0.3, -0.25) is 0 Å². The summed E-state index contributed by atoms with van der Waals surface area (Å²) in [4.78, 5) is 4.07. The van der Waals surface area contributed by atoms with Crippen molar-refractivity contribution in [2.45, 2.75) is 20.0 Å². The molecule has 0 unspecified atom stereocenters. The van der Waals surface area contributed by atoms with Gasteiger partial charge < -0.3 is 9.84 Å². The van der Waals surface area contributed by atoms with E-state index < -0.39 is 0 Å². The highest BCUT2D eigenvalue weighted by atomic mass is 16.5. The summed E-state index contributed by atoms with van der Waals surface area (Å²) in [7, 11) is 0. The molecule has 1 N–H and O–H groups in total. The lowest BCUT2D eigenvalue weighted by atomic mass is 10.4. The van der Waals surface area contributed by atoms with Crippen LogP contribution in [-0.2, 0) is 13.1 Å². The van der Waals surface area contributed by atoms with Crippen LogP contribution in [0.3, 0.4) is 0 Å². The molecule has 0 spiro atoms. The topological polar surface area (TPSA) is 76.7 Å². The minimum absolute atomic E-state index is 0.563. The molecule has 0 amide bonds. The van der Waals surface area contributed by atoms with Crippen molar-refractivity contribution in [3.05, 3.63) is 35.7 Å². The van der Waals surface area contributed by atoms with Crippen molar-refractivity contribution in [2.75, 3.05) is 0 Å². The zero-order valence-corrected chi connectivity index (χ0v) is 8.34. The summed E-state index contributed by atoms with van der Waals surface area (Å²) in [5.74, 6) is 1.22. The van der Waals surface area contributed by atoms with Crippen LogP contribution in [0.2, 0.25) is 0 Å². The minimum atomic E-state index is 0.563. The largest absolute Gasteiger partial charge is 0.340 e. The van der Waals surface area contributed by atoms with E-state index in [1.807, 2.05) is 12.1 Å². The summed E-state index contributed by atoms with van der Waals surface area (Å²) in [6.07, 6.45) is 1.64. The summed E-state index contributed by atoms with van der Waals surface area (Å²) in [6, 6.07) is 3.75. The molecule has 0 bridgehead atoms. The Morgan fingerprint density at radius 2 is 2.33 bits per heavy atom. The fourth-order valence-electron chi connectivity index (χ4n) is 1.14. The van der Waals surface area contributed by atoms with Crippen molar-refractivity contribution < 1.29 is 4.52 Å². The van der Waals surface area contributed by atoms with Gasteiger partial charge in [0.1, 0.15) is 0 Å². The number of hydrogen-bond acceptors (Lipinski definition) is 6. The predicted octanol–water partition coefficient (Wildman–Crippen LogP) is 0.458. The molecule has 0 saturated carbocycles. The van der Waals surface area contributed by atoms with Gasteiger partial charge in [0.15, 0.2) is 5.82 Å². The van der Waals surface area contributed by atoms with Crippen LogP contribution in [0.15, 0.2) is 22.9 Å². The van der Waals surface area contributed by atoms with E-state index in [2.05, 4.69) is 25.7 Å². The molecule has 78 valence electrons. The van der Waals surface area contributed by atoms with E-state index in [4.69, 9.17) is 4.52 Å². The third-order valence-electron chi connectivity index (χ3n) is 1.79.